The van der Waals surface area contributed by atoms with Gasteiger partial charge in [-0.2, -0.15) is 0 Å². The van der Waals surface area contributed by atoms with Crippen molar-refractivity contribution in [3.8, 4) is 0 Å². The second-order valence-corrected chi connectivity index (χ2v) is 3.67. The van der Waals surface area contributed by atoms with E-state index in [1.807, 2.05) is 18.2 Å². The minimum absolute atomic E-state index is 0.105. The molecular weight excluding hydrogens is 214 g/mol. The van der Waals surface area contributed by atoms with Crippen LogP contribution >= 0.6 is 0 Å². The summed E-state index contributed by atoms with van der Waals surface area (Å²) < 4.78 is 0. The number of hydrogen-bond donors (Lipinski definition) is 1. The summed E-state index contributed by atoms with van der Waals surface area (Å²) in [5.41, 5.74) is 0.639. The summed E-state index contributed by atoms with van der Waals surface area (Å²) in [4.78, 5) is 23.1. The largest absolute Gasteiger partial charge is 0.342 e. The highest BCUT2D eigenvalue weighted by molar-refractivity contribution is 6.14. The minimum atomic E-state index is -0.105. The molecule has 0 bridgehead atoms. The zero-order valence-corrected chi connectivity index (χ0v) is 8.92. The number of nitrogens with one attached hydrogen (secondary N) is 1. The minimum Gasteiger partial charge on any atom is -0.342 e. The number of carbonyl (C=O) groups excluding carboxylic acids is 1. The molecule has 2 aromatic heterocycles. The zero-order valence-electron chi connectivity index (χ0n) is 8.92. The molecule has 1 N–H and O–H groups in total. The molecule has 17 heavy (non-hydrogen) atoms. The van der Waals surface area contributed by atoms with Crippen LogP contribution in [0.4, 0.5) is 0 Å². The lowest BCUT2D eigenvalue weighted by molar-refractivity contribution is 0.103. The van der Waals surface area contributed by atoms with Gasteiger partial charge >= 0.3 is 0 Å². The molecule has 0 amide bonds. The van der Waals surface area contributed by atoms with Gasteiger partial charge in [0, 0.05) is 35.7 Å². The topological polar surface area (TPSA) is 58.6 Å². The Kier molecular flexibility index (Phi) is 2.19. The monoisotopic (exact) mass is 223 g/mol. The molecule has 82 valence electrons. The van der Waals surface area contributed by atoms with Crippen LogP contribution in [0, 0.1) is 0 Å². The number of fused-ring (bicyclic) bond motifs is 1. The van der Waals surface area contributed by atoms with E-state index in [0.29, 0.717) is 11.4 Å². The fourth-order valence-corrected chi connectivity index (χ4v) is 1.84. The molecule has 0 atom stereocenters. The molecule has 2 heterocycles. The standard InChI is InChI=1S/C13H9N3O/c17-12(13-15-6-7-16-13)11-3-1-2-9-8-14-5-4-10(9)11/h1-8H,(H,15,16). The van der Waals surface area contributed by atoms with Crippen LogP contribution in [0.5, 0.6) is 0 Å². The van der Waals surface area contributed by atoms with Gasteiger partial charge in [-0.3, -0.25) is 9.78 Å². The average Bonchev–Trinajstić information content (AvgIpc) is 2.91. The molecule has 4 nitrogen and oxygen atoms in total. The van der Waals surface area contributed by atoms with E-state index in [9.17, 15) is 4.79 Å². The highest BCUT2D eigenvalue weighted by Gasteiger charge is 2.13. The summed E-state index contributed by atoms with van der Waals surface area (Å²) in [6.45, 7) is 0. The number of benzene rings is 1. The van der Waals surface area contributed by atoms with Gasteiger partial charge in [0.05, 0.1) is 0 Å². The molecule has 0 radical (unpaired) electrons. The number of H-pyrrole nitrogens is 1. The smallest absolute Gasteiger partial charge is 0.228 e. The summed E-state index contributed by atoms with van der Waals surface area (Å²) in [5, 5.41) is 1.84. The zero-order chi connectivity index (χ0) is 11.7. The summed E-state index contributed by atoms with van der Waals surface area (Å²) in [6, 6.07) is 7.42. The highest BCUT2D eigenvalue weighted by Crippen LogP contribution is 2.19. The van der Waals surface area contributed by atoms with Gasteiger partial charge < -0.3 is 4.98 Å². The van der Waals surface area contributed by atoms with Gasteiger partial charge in [-0.05, 0) is 11.5 Å². The van der Waals surface area contributed by atoms with Crippen molar-refractivity contribution in [3.63, 3.8) is 0 Å². The van der Waals surface area contributed by atoms with E-state index in [0.717, 1.165) is 10.8 Å². The number of carbonyl (C=O) groups is 1. The quantitative estimate of drug-likeness (QED) is 0.677. The van der Waals surface area contributed by atoms with Gasteiger partial charge in [-0.25, -0.2) is 4.98 Å². The van der Waals surface area contributed by atoms with Crippen molar-refractivity contribution in [3.05, 3.63) is 60.4 Å². The normalized spacial score (nSPS) is 10.6. The van der Waals surface area contributed by atoms with E-state index in [2.05, 4.69) is 15.0 Å². The first-order valence-corrected chi connectivity index (χ1v) is 5.23. The van der Waals surface area contributed by atoms with Crippen molar-refractivity contribution in [2.75, 3.05) is 0 Å². The molecule has 0 fully saturated rings. The van der Waals surface area contributed by atoms with Crippen LogP contribution in [0.2, 0.25) is 0 Å². The molecule has 3 aromatic rings. The van der Waals surface area contributed by atoms with Gasteiger partial charge in [0.15, 0.2) is 5.82 Å². The van der Waals surface area contributed by atoms with Gasteiger partial charge in [0.1, 0.15) is 0 Å². The van der Waals surface area contributed by atoms with Crippen LogP contribution in [-0.2, 0) is 0 Å². The lowest BCUT2D eigenvalue weighted by Gasteiger charge is -2.03. The molecule has 0 aliphatic heterocycles. The maximum atomic E-state index is 12.2. The molecule has 3 rings (SSSR count). The number of pyridine rings is 1. The van der Waals surface area contributed by atoms with Crippen molar-refractivity contribution in [2.24, 2.45) is 0 Å². The molecule has 0 aliphatic carbocycles. The van der Waals surface area contributed by atoms with Crippen LogP contribution in [0.25, 0.3) is 10.8 Å². The number of rotatable bonds is 2. The van der Waals surface area contributed by atoms with Crippen LogP contribution in [0.1, 0.15) is 16.2 Å². The second-order valence-electron chi connectivity index (χ2n) is 3.67. The summed E-state index contributed by atoms with van der Waals surface area (Å²) >= 11 is 0. The van der Waals surface area contributed by atoms with Gasteiger partial charge in [-0.1, -0.05) is 18.2 Å². The van der Waals surface area contributed by atoms with Gasteiger partial charge in [0.25, 0.3) is 0 Å². The molecular formula is C13H9N3O. The molecule has 0 aliphatic rings. The Morgan fingerprint density at radius 3 is 2.94 bits per heavy atom. The van der Waals surface area contributed by atoms with Crippen molar-refractivity contribution in [1.29, 1.82) is 0 Å². The first-order valence-electron chi connectivity index (χ1n) is 5.23. The Morgan fingerprint density at radius 2 is 2.12 bits per heavy atom. The van der Waals surface area contributed by atoms with Crippen molar-refractivity contribution < 1.29 is 4.79 Å². The van der Waals surface area contributed by atoms with Gasteiger partial charge in [-0.15, -0.1) is 0 Å². The Balaban J connectivity index is 2.21. The average molecular weight is 223 g/mol. The lowest BCUT2D eigenvalue weighted by Crippen LogP contribution is -2.04. The predicted molar refractivity (Wildman–Crippen MR) is 63.8 cm³/mol. The summed E-state index contributed by atoms with van der Waals surface area (Å²) in [7, 11) is 0. The number of aromatic amines is 1. The van der Waals surface area contributed by atoms with E-state index < -0.39 is 0 Å². The first kappa shape index (κ1) is 9.72. The third kappa shape index (κ3) is 1.59. The van der Waals surface area contributed by atoms with E-state index in [4.69, 9.17) is 0 Å². The fraction of sp³-hybridized carbons (Fsp3) is 0. The first-order chi connectivity index (χ1) is 8.36. The third-order valence-corrected chi connectivity index (χ3v) is 2.64. The lowest BCUT2D eigenvalue weighted by atomic mass is 10.0. The third-order valence-electron chi connectivity index (χ3n) is 2.64. The van der Waals surface area contributed by atoms with Gasteiger partial charge in [0.2, 0.25) is 5.78 Å². The van der Waals surface area contributed by atoms with Crippen molar-refractivity contribution in [2.45, 2.75) is 0 Å². The van der Waals surface area contributed by atoms with Crippen molar-refractivity contribution in [1.82, 2.24) is 15.0 Å². The number of hydrogen-bond acceptors (Lipinski definition) is 3. The molecule has 4 heteroatoms. The van der Waals surface area contributed by atoms with E-state index >= 15 is 0 Å². The molecule has 0 saturated heterocycles. The van der Waals surface area contributed by atoms with Crippen molar-refractivity contribution >= 4 is 16.6 Å². The Morgan fingerprint density at radius 1 is 1.18 bits per heavy atom. The number of aromatic nitrogens is 3. The van der Waals surface area contributed by atoms with E-state index in [-0.39, 0.29) is 5.78 Å². The number of imidazole rings is 1. The maximum absolute atomic E-state index is 12.2. The molecule has 0 spiro atoms. The fourth-order valence-electron chi connectivity index (χ4n) is 1.84. The maximum Gasteiger partial charge on any atom is 0.228 e. The second kappa shape index (κ2) is 3.83. The van der Waals surface area contributed by atoms with E-state index in [1.165, 1.54) is 0 Å². The number of nitrogens with zero attached hydrogens (tertiary/aromatic N) is 2. The summed E-state index contributed by atoms with van der Waals surface area (Å²) in [5.74, 6) is 0.251. The van der Waals surface area contributed by atoms with Crippen LogP contribution in [0.3, 0.4) is 0 Å². The summed E-state index contributed by atoms with van der Waals surface area (Å²) in [6.07, 6.45) is 6.63. The highest BCUT2D eigenvalue weighted by atomic mass is 16.1. The Labute approximate surface area is 97.3 Å². The van der Waals surface area contributed by atoms with Crippen LogP contribution in [0.15, 0.2) is 49.1 Å². The van der Waals surface area contributed by atoms with Crippen LogP contribution in [-0.4, -0.2) is 20.7 Å². The molecule has 1 aromatic carbocycles. The van der Waals surface area contributed by atoms with Crippen LogP contribution < -0.4 is 0 Å². The SMILES string of the molecule is O=C(c1ncc[nH]1)c1cccc2cnccc12. The molecule has 0 unspecified atom stereocenters. The Hall–Kier alpha value is -2.49. The molecule has 0 saturated carbocycles. The van der Waals surface area contributed by atoms with E-state index in [1.54, 1.807) is 30.9 Å². The predicted octanol–water partition coefficient (Wildman–Crippen LogP) is 2.19. The Bertz CT molecular complexity index is 669. The number of ketones is 1.